The lowest BCUT2D eigenvalue weighted by atomic mass is 10.1. The number of amides is 1. The number of carbonyl (C=O) groups excluding carboxylic acids is 1. The van der Waals surface area contributed by atoms with Gasteiger partial charge in [0.25, 0.3) is 0 Å². The third-order valence-electron chi connectivity index (χ3n) is 4.24. The Morgan fingerprint density at radius 1 is 1.07 bits per heavy atom. The number of aryl methyl sites for hydroxylation is 2. The molecule has 0 saturated carbocycles. The van der Waals surface area contributed by atoms with E-state index in [9.17, 15) is 22.0 Å². The molecule has 1 unspecified atom stereocenters. The number of hydrogen-bond donors (Lipinski definition) is 2. The summed E-state index contributed by atoms with van der Waals surface area (Å²) in [5.41, 5.74) is 1.99. The number of benzene rings is 2. The number of halogens is 2. The van der Waals surface area contributed by atoms with Crippen LogP contribution in [0.5, 0.6) is 0 Å². The Morgan fingerprint density at radius 2 is 1.78 bits per heavy atom. The molecule has 0 aromatic heterocycles. The van der Waals surface area contributed by atoms with Crippen LogP contribution < -0.4 is 10.0 Å². The van der Waals surface area contributed by atoms with Crippen LogP contribution in [0.2, 0.25) is 0 Å². The van der Waals surface area contributed by atoms with Crippen LogP contribution in [0.4, 0.5) is 8.78 Å². The summed E-state index contributed by atoms with van der Waals surface area (Å²) in [4.78, 5) is 12.1. The Morgan fingerprint density at radius 3 is 2.41 bits per heavy atom. The van der Waals surface area contributed by atoms with Gasteiger partial charge >= 0.3 is 0 Å². The number of rotatable bonds is 7. The van der Waals surface area contributed by atoms with Crippen LogP contribution in [0.1, 0.15) is 36.1 Å². The lowest BCUT2D eigenvalue weighted by Gasteiger charge is -2.15. The molecule has 0 fully saturated rings. The molecule has 0 radical (unpaired) electrons. The molecule has 0 spiro atoms. The highest BCUT2D eigenvalue weighted by molar-refractivity contribution is 7.89. The van der Waals surface area contributed by atoms with E-state index in [1.54, 1.807) is 19.1 Å². The third-order valence-corrected chi connectivity index (χ3v) is 5.70. The molecule has 2 aromatic carbocycles. The summed E-state index contributed by atoms with van der Waals surface area (Å²) in [7, 11) is -3.72. The molecule has 27 heavy (non-hydrogen) atoms. The average molecular weight is 396 g/mol. The van der Waals surface area contributed by atoms with E-state index in [0.29, 0.717) is 0 Å². The number of hydrogen-bond acceptors (Lipinski definition) is 3. The van der Waals surface area contributed by atoms with E-state index >= 15 is 0 Å². The van der Waals surface area contributed by atoms with Crippen molar-refractivity contribution in [3.63, 3.8) is 0 Å². The first-order valence-corrected chi connectivity index (χ1v) is 9.89. The minimum absolute atomic E-state index is 0.0975. The Bertz CT molecular complexity index is 946. The van der Waals surface area contributed by atoms with Crippen molar-refractivity contribution < 1.29 is 22.0 Å². The summed E-state index contributed by atoms with van der Waals surface area (Å²) in [6.07, 6.45) is -0.114. The SMILES string of the molecule is Cc1ccc(S(=O)(=O)NCCC(=O)NC(C)c2ccc(F)cc2F)cc1C. The predicted molar refractivity (Wildman–Crippen MR) is 98.6 cm³/mol. The van der Waals surface area contributed by atoms with E-state index in [-0.39, 0.29) is 23.4 Å². The molecule has 8 heteroatoms. The van der Waals surface area contributed by atoms with Crippen LogP contribution >= 0.6 is 0 Å². The van der Waals surface area contributed by atoms with E-state index in [0.717, 1.165) is 23.3 Å². The van der Waals surface area contributed by atoms with Crippen molar-refractivity contribution in [1.29, 1.82) is 0 Å². The van der Waals surface area contributed by atoms with Gasteiger partial charge in [0.15, 0.2) is 0 Å². The molecule has 2 N–H and O–H groups in total. The van der Waals surface area contributed by atoms with Crippen LogP contribution in [0.25, 0.3) is 0 Å². The summed E-state index contributed by atoms with van der Waals surface area (Å²) in [6.45, 7) is 5.17. The van der Waals surface area contributed by atoms with Gasteiger partial charge in [0.2, 0.25) is 15.9 Å². The van der Waals surface area contributed by atoms with E-state index in [1.807, 2.05) is 13.8 Å². The molecule has 1 atom stereocenters. The molecule has 2 rings (SSSR count). The smallest absolute Gasteiger partial charge is 0.240 e. The Balaban J connectivity index is 1.90. The fourth-order valence-corrected chi connectivity index (χ4v) is 3.62. The Hall–Kier alpha value is -2.32. The van der Waals surface area contributed by atoms with Gasteiger partial charge in [-0.3, -0.25) is 4.79 Å². The molecular weight excluding hydrogens is 374 g/mol. The van der Waals surface area contributed by atoms with Gasteiger partial charge < -0.3 is 5.32 Å². The van der Waals surface area contributed by atoms with E-state index < -0.39 is 33.6 Å². The molecule has 0 aliphatic rings. The molecule has 0 aliphatic heterocycles. The maximum Gasteiger partial charge on any atom is 0.240 e. The van der Waals surface area contributed by atoms with Crippen molar-refractivity contribution >= 4 is 15.9 Å². The highest BCUT2D eigenvalue weighted by atomic mass is 32.2. The van der Waals surface area contributed by atoms with Gasteiger partial charge in [-0.2, -0.15) is 0 Å². The largest absolute Gasteiger partial charge is 0.349 e. The van der Waals surface area contributed by atoms with Gasteiger partial charge in [-0.15, -0.1) is 0 Å². The first-order valence-electron chi connectivity index (χ1n) is 8.41. The standard InChI is InChI=1S/C19H22F2N2O3S/c1-12-4-6-16(10-13(12)2)27(25,26)22-9-8-19(24)23-14(3)17-7-5-15(20)11-18(17)21/h4-7,10-11,14,22H,8-9H2,1-3H3,(H,23,24). The molecule has 5 nitrogen and oxygen atoms in total. The van der Waals surface area contributed by atoms with Crippen molar-refractivity contribution in [3.05, 3.63) is 64.7 Å². The average Bonchev–Trinajstić information content (AvgIpc) is 2.56. The monoisotopic (exact) mass is 396 g/mol. The summed E-state index contributed by atoms with van der Waals surface area (Å²) in [5, 5.41) is 2.56. The van der Waals surface area contributed by atoms with Gasteiger partial charge in [0.05, 0.1) is 10.9 Å². The summed E-state index contributed by atoms with van der Waals surface area (Å²) < 4.78 is 53.6. The zero-order valence-corrected chi connectivity index (χ0v) is 16.2. The van der Waals surface area contributed by atoms with Crippen molar-refractivity contribution in [3.8, 4) is 0 Å². The highest BCUT2D eigenvalue weighted by Crippen LogP contribution is 2.18. The maximum atomic E-state index is 13.7. The minimum atomic E-state index is -3.72. The van der Waals surface area contributed by atoms with Crippen LogP contribution in [0.3, 0.4) is 0 Å². The van der Waals surface area contributed by atoms with Gasteiger partial charge in [-0.05, 0) is 50.1 Å². The van der Waals surface area contributed by atoms with Gasteiger partial charge in [0.1, 0.15) is 11.6 Å². The molecule has 146 valence electrons. The topological polar surface area (TPSA) is 75.3 Å². The maximum absolute atomic E-state index is 13.7. The first-order chi connectivity index (χ1) is 12.6. The lowest BCUT2D eigenvalue weighted by molar-refractivity contribution is -0.121. The Kier molecular flexibility index (Phi) is 6.67. The number of carbonyl (C=O) groups is 1. The molecule has 0 bridgehead atoms. The fourth-order valence-electron chi connectivity index (χ4n) is 2.51. The zero-order valence-electron chi connectivity index (χ0n) is 15.3. The highest BCUT2D eigenvalue weighted by Gasteiger charge is 2.17. The quantitative estimate of drug-likeness (QED) is 0.755. The first kappa shape index (κ1) is 21.0. The summed E-state index contributed by atoms with van der Waals surface area (Å²) in [6, 6.07) is 7.23. The van der Waals surface area contributed by atoms with Gasteiger partial charge in [0, 0.05) is 24.6 Å². The fraction of sp³-hybridized carbons (Fsp3) is 0.316. The second kappa shape index (κ2) is 8.58. The van der Waals surface area contributed by atoms with Crippen molar-refractivity contribution in [2.45, 2.75) is 38.1 Å². The number of nitrogens with one attached hydrogen (secondary N) is 2. The molecule has 0 saturated heterocycles. The van der Waals surface area contributed by atoms with E-state index in [2.05, 4.69) is 10.0 Å². The second-order valence-corrected chi connectivity index (χ2v) is 8.12. The van der Waals surface area contributed by atoms with Crippen molar-refractivity contribution in [2.75, 3.05) is 6.54 Å². The van der Waals surface area contributed by atoms with Crippen molar-refractivity contribution in [1.82, 2.24) is 10.0 Å². The van der Waals surface area contributed by atoms with E-state index in [1.165, 1.54) is 12.1 Å². The zero-order chi connectivity index (χ0) is 20.2. The van der Waals surface area contributed by atoms with Crippen LogP contribution in [0.15, 0.2) is 41.3 Å². The van der Waals surface area contributed by atoms with Gasteiger partial charge in [-0.25, -0.2) is 21.9 Å². The van der Waals surface area contributed by atoms with Crippen molar-refractivity contribution in [2.24, 2.45) is 0 Å². The summed E-state index contributed by atoms with van der Waals surface area (Å²) in [5.74, 6) is -1.90. The van der Waals surface area contributed by atoms with Crippen LogP contribution in [-0.2, 0) is 14.8 Å². The third kappa shape index (κ3) is 5.58. The molecular formula is C19H22F2N2O3S. The molecule has 2 aromatic rings. The predicted octanol–water partition coefficient (Wildman–Crippen LogP) is 3.13. The van der Waals surface area contributed by atoms with E-state index in [4.69, 9.17) is 0 Å². The van der Waals surface area contributed by atoms with Gasteiger partial charge in [-0.1, -0.05) is 12.1 Å². The molecule has 0 heterocycles. The number of sulfonamides is 1. The lowest BCUT2D eigenvalue weighted by Crippen LogP contribution is -2.32. The molecule has 1 amide bonds. The molecule has 0 aliphatic carbocycles. The van der Waals surface area contributed by atoms with Crippen LogP contribution in [0, 0.1) is 25.5 Å². The minimum Gasteiger partial charge on any atom is -0.349 e. The van der Waals surface area contributed by atoms with Crippen LogP contribution in [-0.4, -0.2) is 20.9 Å². The normalized spacial score (nSPS) is 12.6. The second-order valence-electron chi connectivity index (χ2n) is 6.35. The Labute approximate surface area is 157 Å². The summed E-state index contributed by atoms with van der Waals surface area (Å²) >= 11 is 0.